The van der Waals surface area contributed by atoms with Gasteiger partial charge in [0.1, 0.15) is 18.2 Å². The van der Waals surface area contributed by atoms with Crippen molar-refractivity contribution in [3.8, 4) is 17.2 Å². The fourth-order valence-electron chi connectivity index (χ4n) is 3.04. The molecular formula is C23H22N4O5. The highest BCUT2D eigenvalue weighted by Gasteiger charge is 2.27. The van der Waals surface area contributed by atoms with Crippen LogP contribution in [0.1, 0.15) is 17.3 Å². The predicted octanol–water partition coefficient (Wildman–Crippen LogP) is 2.82. The first-order valence-electron chi connectivity index (χ1n) is 10.1. The van der Waals surface area contributed by atoms with E-state index in [9.17, 15) is 9.59 Å². The maximum atomic E-state index is 12.7. The van der Waals surface area contributed by atoms with Crippen LogP contribution in [0.15, 0.2) is 66.9 Å². The van der Waals surface area contributed by atoms with Crippen LogP contribution in [0.2, 0.25) is 0 Å². The number of hydrogen-bond donors (Lipinski definition) is 3. The molecular weight excluding hydrogens is 412 g/mol. The summed E-state index contributed by atoms with van der Waals surface area (Å²) in [5, 5.41) is 3.10. The molecule has 0 bridgehead atoms. The highest BCUT2D eigenvalue weighted by atomic mass is 16.6. The van der Waals surface area contributed by atoms with Crippen LogP contribution >= 0.6 is 0 Å². The summed E-state index contributed by atoms with van der Waals surface area (Å²) >= 11 is 0. The van der Waals surface area contributed by atoms with Gasteiger partial charge >= 0.3 is 0 Å². The first kappa shape index (κ1) is 21.0. The Labute approximate surface area is 184 Å². The van der Waals surface area contributed by atoms with E-state index in [-0.39, 0.29) is 12.2 Å². The Balaban J connectivity index is 1.37. The molecule has 0 saturated heterocycles. The Morgan fingerprint density at radius 2 is 1.81 bits per heavy atom. The smallest absolute Gasteiger partial charge is 0.283 e. The topological polar surface area (TPSA) is 111 Å². The summed E-state index contributed by atoms with van der Waals surface area (Å²) in [5.74, 6) is 1.07. The van der Waals surface area contributed by atoms with Crippen LogP contribution in [0.3, 0.4) is 0 Å². The standard InChI is InChI=1S/C23H22N4O5/c1-2-30-16-11-9-15(10-12-16)25-21-17(6-5-13-24-21)22(28)26-27-23(29)20-14-31-18-7-3-4-8-19(18)32-20/h3-13,20H,2,14H2,1H3,(H,24,25)(H,26,28)(H,27,29)/t20-/m1/s1. The summed E-state index contributed by atoms with van der Waals surface area (Å²) in [5.41, 5.74) is 5.77. The van der Waals surface area contributed by atoms with Crippen LogP contribution in [0.25, 0.3) is 0 Å². The third-order valence-corrected chi connectivity index (χ3v) is 4.58. The second kappa shape index (κ2) is 9.69. The first-order chi connectivity index (χ1) is 15.6. The zero-order valence-corrected chi connectivity index (χ0v) is 17.3. The molecule has 4 rings (SSSR count). The van der Waals surface area contributed by atoms with E-state index >= 15 is 0 Å². The molecule has 1 aromatic heterocycles. The highest BCUT2D eigenvalue weighted by molar-refractivity contribution is 6.00. The van der Waals surface area contributed by atoms with Crippen LogP contribution in [-0.4, -0.2) is 36.1 Å². The maximum Gasteiger partial charge on any atom is 0.283 e. The molecule has 1 aliphatic heterocycles. The van der Waals surface area contributed by atoms with E-state index in [0.29, 0.717) is 23.9 Å². The number of hydrazine groups is 1. The normalized spacial score (nSPS) is 14.2. The molecule has 0 saturated carbocycles. The van der Waals surface area contributed by atoms with E-state index in [4.69, 9.17) is 14.2 Å². The van der Waals surface area contributed by atoms with Crippen molar-refractivity contribution >= 4 is 23.3 Å². The van der Waals surface area contributed by atoms with Gasteiger partial charge in [-0.1, -0.05) is 12.1 Å². The van der Waals surface area contributed by atoms with E-state index in [1.54, 1.807) is 36.5 Å². The van der Waals surface area contributed by atoms with Gasteiger partial charge in [0.2, 0.25) is 6.10 Å². The lowest BCUT2D eigenvalue weighted by Gasteiger charge is -2.25. The number of nitrogens with one attached hydrogen (secondary N) is 3. The van der Waals surface area contributed by atoms with E-state index in [1.807, 2.05) is 37.3 Å². The van der Waals surface area contributed by atoms with Crippen LogP contribution in [-0.2, 0) is 4.79 Å². The van der Waals surface area contributed by atoms with Gasteiger partial charge in [0.05, 0.1) is 12.2 Å². The van der Waals surface area contributed by atoms with Gasteiger partial charge < -0.3 is 19.5 Å². The largest absolute Gasteiger partial charge is 0.494 e. The fraction of sp³-hybridized carbons (Fsp3) is 0.174. The molecule has 0 aliphatic carbocycles. The van der Waals surface area contributed by atoms with Crippen molar-refractivity contribution in [2.75, 3.05) is 18.5 Å². The third-order valence-electron chi connectivity index (χ3n) is 4.58. The molecule has 3 aromatic rings. The number of pyridine rings is 1. The number of carbonyl (C=O) groups is 2. The zero-order chi connectivity index (χ0) is 22.3. The van der Waals surface area contributed by atoms with Crippen LogP contribution in [0.4, 0.5) is 11.5 Å². The molecule has 1 atom stereocenters. The number of para-hydroxylation sites is 2. The zero-order valence-electron chi connectivity index (χ0n) is 17.3. The van der Waals surface area contributed by atoms with Crippen LogP contribution in [0, 0.1) is 0 Å². The van der Waals surface area contributed by atoms with E-state index in [1.165, 1.54) is 0 Å². The molecule has 32 heavy (non-hydrogen) atoms. The van der Waals surface area contributed by atoms with Crippen molar-refractivity contribution < 1.29 is 23.8 Å². The number of benzene rings is 2. The summed E-state index contributed by atoms with van der Waals surface area (Å²) in [4.78, 5) is 29.3. The summed E-state index contributed by atoms with van der Waals surface area (Å²) in [6.45, 7) is 2.53. The Kier molecular flexibility index (Phi) is 6.35. The van der Waals surface area contributed by atoms with Crippen molar-refractivity contribution in [2.24, 2.45) is 0 Å². The third kappa shape index (κ3) is 4.89. The summed E-state index contributed by atoms with van der Waals surface area (Å²) in [6.07, 6.45) is 0.678. The predicted molar refractivity (Wildman–Crippen MR) is 117 cm³/mol. The molecule has 9 heteroatoms. The molecule has 2 heterocycles. The van der Waals surface area contributed by atoms with Crippen molar-refractivity contribution in [3.05, 3.63) is 72.4 Å². The number of fused-ring (bicyclic) bond motifs is 1. The van der Waals surface area contributed by atoms with Crippen molar-refractivity contribution in [1.29, 1.82) is 0 Å². The molecule has 9 nitrogen and oxygen atoms in total. The van der Waals surface area contributed by atoms with Gasteiger partial charge in [0.25, 0.3) is 11.8 Å². The number of carbonyl (C=O) groups excluding carboxylic acids is 2. The lowest BCUT2D eigenvalue weighted by atomic mass is 10.2. The monoisotopic (exact) mass is 434 g/mol. The Bertz CT molecular complexity index is 1100. The van der Waals surface area contributed by atoms with Gasteiger partial charge in [0, 0.05) is 11.9 Å². The number of aromatic nitrogens is 1. The second-order valence-corrected chi connectivity index (χ2v) is 6.79. The molecule has 2 aromatic carbocycles. The molecule has 0 spiro atoms. The second-order valence-electron chi connectivity index (χ2n) is 6.79. The average Bonchev–Trinajstić information content (AvgIpc) is 2.83. The number of anilines is 2. The van der Waals surface area contributed by atoms with Gasteiger partial charge in [-0.25, -0.2) is 4.98 Å². The number of hydrogen-bond acceptors (Lipinski definition) is 7. The Hall–Kier alpha value is -4.27. The number of rotatable bonds is 6. The van der Waals surface area contributed by atoms with Crippen molar-refractivity contribution in [3.63, 3.8) is 0 Å². The lowest BCUT2D eigenvalue weighted by Crippen LogP contribution is -2.50. The number of amides is 2. The van der Waals surface area contributed by atoms with E-state index in [0.717, 1.165) is 11.4 Å². The fourth-order valence-corrected chi connectivity index (χ4v) is 3.04. The summed E-state index contributed by atoms with van der Waals surface area (Å²) in [7, 11) is 0. The maximum absolute atomic E-state index is 12.7. The molecule has 164 valence electrons. The van der Waals surface area contributed by atoms with Gasteiger partial charge in [-0.3, -0.25) is 20.4 Å². The Morgan fingerprint density at radius 1 is 1.03 bits per heavy atom. The molecule has 0 radical (unpaired) electrons. The van der Waals surface area contributed by atoms with Crippen molar-refractivity contribution in [2.45, 2.75) is 13.0 Å². The van der Waals surface area contributed by atoms with Crippen LogP contribution < -0.4 is 30.4 Å². The van der Waals surface area contributed by atoms with E-state index in [2.05, 4.69) is 21.2 Å². The average molecular weight is 434 g/mol. The molecule has 0 unspecified atom stereocenters. The van der Waals surface area contributed by atoms with Gasteiger partial charge in [-0.2, -0.15) is 0 Å². The molecule has 2 amide bonds. The van der Waals surface area contributed by atoms with Gasteiger partial charge in [-0.05, 0) is 55.5 Å². The summed E-state index contributed by atoms with van der Waals surface area (Å²) < 4.78 is 16.6. The van der Waals surface area contributed by atoms with E-state index < -0.39 is 17.9 Å². The minimum absolute atomic E-state index is 0.0379. The van der Waals surface area contributed by atoms with Crippen LogP contribution in [0.5, 0.6) is 17.2 Å². The summed E-state index contributed by atoms with van der Waals surface area (Å²) in [6, 6.07) is 17.6. The molecule has 1 aliphatic rings. The minimum atomic E-state index is -0.888. The minimum Gasteiger partial charge on any atom is -0.494 e. The Morgan fingerprint density at radius 3 is 2.59 bits per heavy atom. The first-order valence-corrected chi connectivity index (χ1v) is 10.1. The van der Waals surface area contributed by atoms with Gasteiger partial charge in [0.15, 0.2) is 11.5 Å². The van der Waals surface area contributed by atoms with Gasteiger partial charge in [-0.15, -0.1) is 0 Å². The SMILES string of the molecule is CCOc1ccc(Nc2ncccc2C(=O)NNC(=O)[C@H]2COc3ccccc3O2)cc1. The highest BCUT2D eigenvalue weighted by Crippen LogP contribution is 2.30. The quantitative estimate of drug-likeness (QED) is 0.512. The van der Waals surface area contributed by atoms with Crippen molar-refractivity contribution in [1.82, 2.24) is 15.8 Å². The molecule has 0 fully saturated rings. The number of ether oxygens (including phenoxy) is 3. The molecule has 3 N–H and O–H groups in total. The lowest BCUT2D eigenvalue weighted by molar-refractivity contribution is -0.131. The number of nitrogens with zero attached hydrogens (tertiary/aromatic N) is 1.